The van der Waals surface area contributed by atoms with Crippen LogP contribution in [0.5, 0.6) is 0 Å². The Morgan fingerprint density at radius 3 is 2.90 bits per heavy atom. The maximum absolute atomic E-state index is 8.77. The number of hydrogen-bond acceptors (Lipinski definition) is 5. The minimum absolute atomic E-state index is 0.547. The Morgan fingerprint density at radius 1 is 1.45 bits per heavy atom. The molecular formula is C14H13N5S. The third kappa shape index (κ3) is 2.58. The van der Waals surface area contributed by atoms with Crippen LogP contribution in [0.4, 0.5) is 0 Å². The number of aromatic nitrogens is 4. The monoisotopic (exact) mass is 283 g/mol. The van der Waals surface area contributed by atoms with E-state index in [-0.39, 0.29) is 0 Å². The van der Waals surface area contributed by atoms with Gasteiger partial charge in [-0.2, -0.15) is 5.26 Å². The minimum atomic E-state index is 0.547. The summed E-state index contributed by atoms with van der Waals surface area (Å²) >= 11 is 1.46. The van der Waals surface area contributed by atoms with Gasteiger partial charge < -0.3 is 4.57 Å². The van der Waals surface area contributed by atoms with E-state index in [2.05, 4.69) is 32.4 Å². The van der Waals surface area contributed by atoms with Crippen LogP contribution in [-0.4, -0.2) is 19.7 Å². The predicted octanol–water partition coefficient (Wildman–Crippen LogP) is 2.76. The highest BCUT2D eigenvalue weighted by Crippen LogP contribution is 2.40. The predicted molar refractivity (Wildman–Crippen MR) is 75.3 cm³/mol. The number of nitriles is 1. The van der Waals surface area contributed by atoms with Crippen LogP contribution >= 0.6 is 11.8 Å². The Bertz CT molecular complexity index is 664. The second-order valence-corrected chi connectivity index (χ2v) is 5.60. The minimum Gasteiger partial charge on any atom is -0.302 e. The van der Waals surface area contributed by atoms with Crippen molar-refractivity contribution in [1.82, 2.24) is 19.7 Å². The van der Waals surface area contributed by atoms with Gasteiger partial charge in [-0.3, -0.25) is 0 Å². The van der Waals surface area contributed by atoms with Gasteiger partial charge in [0.15, 0.2) is 5.16 Å². The summed E-state index contributed by atoms with van der Waals surface area (Å²) in [6.45, 7) is 4.50. The maximum atomic E-state index is 8.77. The van der Waals surface area contributed by atoms with E-state index < -0.39 is 0 Å². The lowest BCUT2D eigenvalue weighted by atomic mass is 10.3. The van der Waals surface area contributed by atoms with Crippen LogP contribution in [-0.2, 0) is 6.54 Å². The highest BCUT2D eigenvalue weighted by molar-refractivity contribution is 7.99. The molecule has 3 rings (SSSR count). The van der Waals surface area contributed by atoms with E-state index in [0.717, 1.165) is 16.0 Å². The standard InChI is InChI=1S/C14H13N5S/c1-2-7-19-13(11-4-5-11)17-18-14(19)20-12-6-3-10(8-15)9-16-12/h2-3,6,9,11H,1,4-5,7H2. The summed E-state index contributed by atoms with van der Waals surface area (Å²) in [5, 5.41) is 18.9. The Kier molecular flexibility index (Phi) is 3.52. The lowest BCUT2D eigenvalue weighted by Crippen LogP contribution is -2.02. The number of nitrogens with zero attached hydrogens (tertiary/aromatic N) is 5. The van der Waals surface area contributed by atoms with Gasteiger partial charge in [0, 0.05) is 18.7 Å². The molecule has 0 unspecified atom stereocenters. The highest BCUT2D eigenvalue weighted by atomic mass is 32.2. The van der Waals surface area contributed by atoms with E-state index in [1.165, 1.54) is 24.6 Å². The van der Waals surface area contributed by atoms with Crippen LogP contribution in [0.3, 0.4) is 0 Å². The topological polar surface area (TPSA) is 67.4 Å². The molecule has 2 aromatic heterocycles. The smallest absolute Gasteiger partial charge is 0.197 e. The fourth-order valence-corrected chi connectivity index (χ4v) is 2.71. The van der Waals surface area contributed by atoms with Gasteiger partial charge in [0.1, 0.15) is 16.9 Å². The Hall–Kier alpha value is -2.13. The van der Waals surface area contributed by atoms with Crippen LogP contribution in [0.25, 0.3) is 0 Å². The van der Waals surface area contributed by atoms with Gasteiger partial charge in [-0.05, 0) is 36.7 Å². The van der Waals surface area contributed by atoms with Crippen molar-refractivity contribution in [3.8, 4) is 6.07 Å². The molecule has 20 heavy (non-hydrogen) atoms. The molecule has 100 valence electrons. The number of pyridine rings is 1. The van der Waals surface area contributed by atoms with Gasteiger partial charge in [0.2, 0.25) is 0 Å². The summed E-state index contributed by atoms with van der Waals surface area (Å²) in [7, 11) is 0. The molecule has 1 fully saturated rings. The number of allylic oxidation sites excluding steroid dienone is 1. The van der Waals surface area contributed by atoms with Crippen molar-refractivity contribution in [3.05, 3.63) is 42.4 Å². The molecule has 0 N–H and O–H groups in total. The Morgan fingerprint density at radius 2 is 2.30 bits per heavy atom. The van der Waals surface area contributed by atoms with E-state index >= 15 is 0 Å². The molecule has 5 nitrogen and oxygen atoms in total. The van der Waals surface area contributed by atoms with E-state index in [1.807, 2.05) is 12.1 Å². The van der Waals surface area contributed by atoms with Crippen LogP contribution in [0.2, 0.25) is 0 Å². The second kappa shape index (κ2) is 5.47. The van der Waals surface area contributed by atoms with Crippen molar-refractivity contribution in [3.63, 3.8) is 0 Å². The first-order valence-corrected chi connectivity index (χ1v) is 7.21. The first-order valence-electron chi connectivity index (χ1n) is 6.40. The first-order chi connectivity index (χ1) is 9.81. The highest BCUT2D eigenvalue weighted by Gasteiger charge is 2.30. The fraction of sp³-hybridized carbons (Fsp3) is 0.286. The van der Waals surface area contributed by atoms with Gasteiger partial charge in [-0.1, -0.05) is 6.08 Å². The number of hydrogen-bond donors (Lipinski definition) is 0. The van der Waals surface area contributed by atoms with Crippen molar-refractivity contribution < 1.29 is 0 Å². The molecule has 1 saturated carbocycles. The molecule has 1 aliphatic carbocycles. The van der Waals surface area contributed by atoms with Crippen LogP contribution in [0.15, 0.2) is 41.2 Å². The molecule has 6 heteroatoms. The lowest BCUT2D eigenvalue weighted by Gasteiger charge is -2.06. The van der Waals surface area contributed by atoms with Crippen LogP contribution in [0.1, 0.15) is 30.1 Å². The van der Waals surface area contributed by atoms with Crippen molar-refractivity contribution in [2.24, 2.45) is 0 Å². The molecule has 0 bridgehead atoms. The summed E-state index contributed by atoms with van der Waals surface area (Å²) in [5.74, 6) is 1.59. The van der Waals surface area contributed by atoms with Gasteiger partial charge in [0.05, 0.1) is 5.56 Å². The molecule has 2 heterocycles. The summed E-state index contributed by atoms with van der Waals surface area (Å²) in [6, 6.07) is 5.64. The molecule has 0 spiro atoms. The van der Waals surface area contributed by atoms with E-state index in [9.17, 15) is 0 Å². The average Bonchev–Trinajstić information content (AvgIpc) is 3.25. The van der Waals surface area contributed by atoms with E-state index in [1.54, 1.807) is 12.3 Å². The summed E-state index contributed by atoms with van der Waals surface area (Å²) in [4.78, 5) is 4.25. The number of rotatable bonds is 5. The van der Waals surface area contributed by atoms with Crippen molar-refractivity contribution in [2.45, 2.75) is 35.5 Å². The average molecular weight is 283 g/mol. The van der Waals surface area contributed by atoms with Crippen molar-refractivity contribution in [1.29, 1.82) is 5.26 Å². The summed E-state index contributed by atoms with van der Waals surface area (Å²) in [6.07, 6.45) is 5.80. The van der Waals surface area contributed by atoms with E-state index in [4.69, 9.17) is 5.26 Å². The molecule has 2 aromatic rings. The SMILES string of the molecule is C=CCn1c(Sc2ccc(C#N)cn2)nnc1C1CC1. The summed E-state index contributed by atoms with van der Waals surface area (Å²) < 4.78 is 2.09. The maximum Gasteiger partial charge on any atom is 0.197 e. The zero-order chi connectivity index (χ0) is 13.9. The third-order valence-corrected chi connectivity index (χ3v) is 4.00. The van der Waals surface area contributed by atoms with Gasteiger partial charge in [-0.15, -0.1) is 16.8 Å². The molecule has 0 atom stereocenters. The molecule has 0 radical (unpaired) electrons. The molecule has 1 aliphatic rings. The zero-order valence-corrected chi connectivity index (χ0v) is 11.7. The Labute approximate surface area is 121 Å². The largest absolute Gasteiger partial charge is 0.302 e. The van der Waals surface area contributed by atoms with Crippen LogP contribution < -0.4 is 0 Å². The molecule has 0 amide bonds. The van der Waals surface area contributed by atoms with Crippen molar-refractivity contribution in [2.75, 3.05) is 0 Å². The molecule has 0 aliphatic heterocycles. The third-order valence-electron chi connectivity index (χ3n) is 3.06. The van der Waals surface area contributed by atoms with Crippen LogP contribution in [0, 0.1) is 11.3 Å². The van der Waals surface area contributed by atoms with Crippen molar-refractivity contribution >= 4 is 11.8 Å². The zero-order valence-electron chi connectivity index (χ0n) is 10.9. The lowest BCUT2D eigenvalue weighted by molar-refractivity contribution is 0.681. The normalized spacial score (nSPS) is 13.9. The molecule has 0 saturated heterocycles. The van der Waals surface area contributed by atoms with Gasteiger partial charge in [-0.25, -0.2) is 4.98 Å². The summed E-state index contributed by atoms with van der Waals surface area (Å²) in [5.41, 5.74) is 0.556. The fourth-order valence-electron chi connectivity index (χ4n) is 1.92. The molecular weight excluding hydrogens is 270 g/mol. The van der Waals surface area contributed by atoms with Gasteiger partial charge in [0.25, 0.3) is 0 Å². The van der Waals surface area contributed by atoms with E-state index in [0.29, 0.717) is 18.0 Å². The van der Waals surface area contributed by atoms with Gasteiger partial charge >= 0.3 is 0 Å². The quantitative estimate of drug-likeness (QED) is 0.789. The Balaban J connectivity index is 1.85. The first kappa shape index (κ1) is 12.9. The second-order valence-electron chi connectivity index (χ2n) is 4.61. The molecule has 0 aromatic carbocycles.